The van der Waals surface area contributed by atoms with E-state index in [2.05, 4.69) is 13.8 Å². The van der Waals surface area contributed by atoms with Crippen LogP contribution in [0.2, 0.25) is 0 Å². The number of carbonyl (C=O) groups is 1. The zero-order chi connectivity index (χ0) is 19.8. The van der Waals surface area contributed by atoms with Crippen LogP contribution in [0.1, 0.15) is 90.9 Å². The molecule has 0 aromatic heterocycles. The van der Waals surface area contributed by atoms with Gasteiger partial charge in [0.15, 0.2) is 0 Å². The maximum atomic E-state index is 12.5. The Morgan fingerprint density at radius 3 is 1.78 bits per heavy atom. The number of ether oxygens (including phenoxy) is 1. The van der Waals surface area contributed by atoms with Crippen molar-refractivity contribution in [2.75, 3.05) is 34.3 Å². The first-order valence-corrected chi connectivity index (χ1v) is 10.9. The molecule has 0 aliphatic carbocycles. The Bertz CT molecular complexity index is 345. The lowest BCUT2D eigenvalue weighted by Crippen LogP contribution is -3.00. The number of aliphatic hydroxyl groups excluding tert-OH is 1. The van der Waals surface area contributed by atoms with Gasteiger partial charge < -0.3 is 26.7 Å². The van der Waals surface area contributed by atoms with Crippen LogP contribution in [0.3, 0.4) is 0 Å². The van der Waals surface area contributed by atoms with Gasteiger partial charge in [-0.1, -0.05) is 78.1 Å². The second kappa shape index (κ2) is 17.8. The molecular weight excluding hydrogens is 362 g/mol. The molecule has 0 amide bonds. The summed E-state index contributed by atoms with van der Waals surface area (Å²) < 4.78 is 6.13. The highest BCUT2D eigenvalue weighted by Gasteiger charge is 2.22. The van der Waals surface area contributed by atoms with Crippen LogP contribution in [0.4, 0.5) is 0 Å². The first-order valence-electron chi connectivity index (χ1n) is 10.9. The Kier molecular flexibility index (Phi) is 19.0. The Balaban J connectivity index is 0. The standard InChI is InChI=1S/C22H46NO3.ClH/c1-6-8-10-12-13-15-17-20(16-14-11-9-7-2)22(25)26-19-21(24)18-23(3,4)5;/h20-21,24H,6-19H2,1-5H3;1H/q+1;/p-1. The van der Waals surface area contributed by atoms with Crippen molar-refractivity contribution in [1.29, 1.82) is 0 Å². The molecular formula is C22H46ClNO3. The third-order valence-electron chi connectivity index (χ3n) is 4.82. The lowest BCUT2D eigenvalue weighted by atomic mass is 9.94. The molecule has 2 atom stereocenters. The number of rotatable bonds is 17. The first-order chi connectivity index (χ1) is 12.3. The van der Waals surface area contributed by atoms with Crippen LogP contribution in [-0.2, 0) is 9.53 Å². The molecule has 5 heteroatoms. The van der Waals surface area contributed by atoms with Gasteiger partial charge in [-0.25, -0.2) is 0 Å². The van der Waals surface area contributed by atoms with Crippen molar-refractivity contribution >= 4 is 5.97 Å². The number of esters is 1. The third kappa shape index (κ3) is 18.8. The van der Waals surface area contributed by atoms with Gasteiger partial charge in [-0.05, 0) is 12.8 Å². The van der Waals surface area contributed by atoms with Gasteiger partial charge in [0.2, 0.25) is 0 Å². The molecule has 27 heavy (non-hydrogen) atoms. The summed E-state index contributed by atoms with van der Waals surface area (Å²) in [5, 5.41) is 10.1. The fourth-order valence-corrected chi connectivity index (χ4v) is 3.35. The zero-order valence-electron chi connectivity index (χ0n) is 18.6. The summed E-state index contributed by atoms with van der Waals surface area (Å²) in [7, 11) is 6.08. The maximum Gasteiger partial charge on any atom is 0.309 e. The van der Waals surface area contributed by atoms with Crippen LogP contribution in [0.15, 0.2) is 0 Å². The van der Waals surface area contributed by atoms with Crippen molar-refractivity contribution in [3.8, 4) is 0 Å². The smallest absolute Gasteiger partial charge is 0.309 e. The first kappa shape index (κ1) is 28.9. The summed E-state index contributed by atoms with van der Waals surface area (Å²) in [4.78, 5) is 12.5. The van der Waals surface area contributed by atoms with Gasteiger partial charge in [-0.3, -0.25) is 4.79 Å². The minimum atomic E-state index is -0.589. The summed E-state index contributed by atoms with van der Waals surface area (Å²) >= 11 is 0. The molecule has 0 fully saturated rings. The molecule has 0 bridgehead atoms. The second-order valence-electron chi connectivity index (χ2n) is 8.86. The van der Waals surface area contributed by atoms with Crippen LogP contribution >= 0.6 is 0 Å². The Morgan fingerprint density at radius 2 is 1.30 bits per heavy atom. The van der Waals surface area contributed by atoms with Crippen molar-refractivity contribution in [1.82, 2.24) is 0 Å². The quantitative estimate of drug-likeness (QED) is 0.228. The molecule has 164 valence electrons. The maximum absolute atomic E-state index is 12.5. The molecule has 0 rings (SSSR count). The highest BCUT2D eigenvalue weighted by atomic mass is 35.5. The lowest BCUT2D eigenvalue weighted by molar-refractivity contribution is -0.873. The number of nitrogens with zero attached hydrogens (tertiary/aromatic N) is 1. The second-order valence-corrected chi connectivity index (χ2v) is 8.86. The molecule has 0 aliphatic rings. The zero-order valence-corrected chi connectivity index (χ0v) is 19.4. The average molecular weight is 408 g/mol. The summed E-state index contributed by atoms with van der Waals surface area (Å²) in [5.74, 6) is -0.0927. The van der Waals surface area contributed by atoms with Crippen LogP contribution in [0.5, 0.6) is 0 Å². The van der Waals surface area contributed by atoms with Gasteiger partial charge in [0.25, 0.3) is 0 Å². The van der Waals surface area contributed by atoms with Crippen molar-refractivity contribution < 1.29 is 31.5 Å². The highest BCUT2D eigenvalue weighted by molar-refractivity contribution is 5.72. The van der Waals surface area contributed by atoms with Gasteiger partial charge in [0, 0.05) is 0 Å². The molecule has 0 aromatic rings. The number of likely N-dealkylation sites (N-methyl/N-ethyl adjacent to an activating group) is 1. The van der Waals surface area contributed by atoms with Crippen molar-refractivity contribution in [3.63, 3.8) is 0 Å². The predicted molar refractivity (Wildman–Crippen MR) is 110 cm³/mol. The monoisotopic (exact) mass is 407 g/mol. The van der Waals surface area contributed by atoms with Gasteiger partial charge in [0.05, 0.1) is 27.1 Å². The summed E-state index contributed by atoms with van der Waals surface area (Å²) in [6.07, 6.45) is 13.5. The molecule has 0 aliphatic heterocycles. The van der Waals surface area contributed by atoms with Crippen molar-refractivity contribution in [3.05, 3.63) is 0 Å². The van der Waals surface area contributed by atoms with Crippen LogP contribution in [-0.4, -0.2) is 56.0 Å². The Labute approximate surface area is 175 Å². The molecule has 0 heterocycles. The fourth-order valence-electron chi connectivity index (χ4n) is 3.35. The van der Waals surface area contributed by atoms with Gasteiger partial charge >= 0.3 is 5.97 Å². The number of hydrogen-bond acceptors (Lipinski definition) is 3. The van der Waals surface area contributed by atoms with E-state index in [4.69, 9.17) is 4.74 Å². The minimum Gasteiger partial charge on any atom is -1.00 e. The third-order valence-corrected chi connectivity index (χ3v) is 4.82. The van der Waals surface area contributed by atoms with Gasteiger partial charge in [-0.2, -0.15) is 0 Å². The van der Waals surface area contributed by atoms with Gasteiger partial charge in [-0.15, -0.1) is 0 Å². The summed E-state index contributed by atoms with van der Waals surface area (Å²) in [6, 6.07) is 0. The van der Waals surface area contributed by atoms with Crippen LogP contribution in [0, 0.1) is 5.92 Å². The molecule has 1 N–H and O–H groups in total. The summed E-state index contributed by atoms with van der Waals surface area (Å²) in [6.45, 7) is 5.15. The van der Waals surface area contributed by atoms with E-state index in [-0.39, 0.29) is 30.9 Å². The largest absolute Gasteiger partial charge is 1.00 e. The highest BCUT2D eigenvalue weighted by Crippen LogP contribution is 2.20. The van der Waals surface area contributed by atoms with E-state index in [9.17, 15) is 9.90 Å². The Morgan fingerprint density at radius 1 is 0.852 bits per heavy atom. The number of carbonyl (C=O) groups excluding carboxylic acids is 1. The number of hydrogen-bond donors (Lipinski definition) is 1. The van der Waals surface area contributed by atoms with E-state index in [0.717, 1.165) is 25.7 Å². The van der Waals surface area contributed by atoms with Gasteiger partial charge in [0.1, 0.15) is 19.3 Å². The van der Waals surface area contributed by atoms with E-state index >= 15 is 0 Å². The normalized spacial score (nSPS) is 13.7. The SMILES string of the molecule is CCCCCCCCC(CCCCCC)C(=O)OCC(O)C[N+](C)(C)C.[Cl-]. The summed E-state index contributed by atoms with van der Waals surface area (Å²) in [5.41, 5.74) is 0. The molecule has 0 saturated heterocycles. The molecule has 0 radical (unpaired) electrons. The molecule has 0 spiro atoms. The average Bonchev–Trinajstić information content (AvgIpc) is 2.56. The number of unbranched alkanes of at least 4 members (excludes halogenated alkanes) is 8. The van der Waals surface area contributed by atoms with E-state index < -0.39 is 6.10 Å². The molecule has 0 aromatic carbocycles. The molecule has 4 nitrogen and oxygen atoms in total. The van der Waals surface area contributed by atoms with Crippen molar-refractivity contribution in [2.24, 2.45) is 5.92 Å². The minimum absolute atomic E-state index is 0. The molecule has 0 saturated carbocycles. The predicted octanol–water partition coefficient (Wildman–Crippen LogP) is 1.94. The van der Waals surface area contributed by atoms with Crippen LogP contribution < -0.4 is 12.4 Å². The number of quaternary nitrogens is 1. The molecule has 2 unspecified atom stereocenters. The number of aliphatic hydroxyl groups is 1. The van der Waals surface area contributed by atoms with E-state index in [0.29, 0.717) is 11.0 Å². The van der Waals surface area contributed by atoms with Crippen molar-refractivity contribution in [2.45, 2.75) is 97.0 Å². The van der Waals surface area contributed by atoms with E-state index in [1.165, 1.54) is 51.4 Å². The number of halogens is 1. The van der Waals surface area contributed by atoms with E-state index in [1.807, 2.05) is 21.1 Å². The lowest BCUT2D eigenvalue weighted by Gasteiger charge is -2.26. The van der Waals surface area contributed by atoms with E-state index in [1.54, 1.807) is 0 Å². The topological polar surface area (TPSA) is 46.5 Å². The fraction of sp³-hybridized carbons (Fsp3) is 0.955. The van der Waals surface area contributed by atoms with Crippen LogP contribution in [0.25, 0.3) is 0 Å². The Hall–Kier alpha value is -0.320.